The van der Waals surface area contributed by atoms with Gasteiger partial charge in [0.05, 0.1) is 0 Å². The molecule has 0 radical (unpaired) electrons. The van der Waals surface area contributed by atoms with Crippen LogP contribution in [0, 0.1) is 0 Å². The van der Waals surface area contributed by atoms with Crippen molar-refractivity contribution in [2.24, 2.45) is 0 Å². The first-order valence-corrected chi connectivity index (χ1v) is 5.39. The molecule has 0 saturated carbocycles. The molecule has 4 heteroatoms. The van der Waals surface area contributed by atoms with Gasteiger partial charge in [0.1, 0.15) is 11.7 Å². The Bertz CT molecular complexity index is 503. The predicted molar refractivity (Wildman–Crippen MR) is 62.4 cm³/mol. The minimum Gasteiger partial charge on any atom is -0.508 e. The number of aromatic hydroxyl groups is 1. The van der Waals surface area contributed by atoms with Crippen molar-refractivity contribution < 1.29 is 18.3 Å². The van der Waals surface area contributed by atoms with Crippen molar-refractivity contribution in [2.75, 3.05) is 0 Å². The molecule has 18 heavy (non-hydrogen) atoms. The van der Waals surface area contributed by atoms with Gasteiger partial charge in [-0.2, -0.15) is 13.2 Å². The second kappa shape index (κ2) is 4.72. The largest absolute Gasteiger partial charge is 0.508 e. The standard InChI is InChI=1S/C14H11F3O/c15-14(16,17)13(10-4-2-1-3-5-10)11-6-8-12(18)9-7-11/h1-9,13,18H. The summed E-state index contributed by atoms with van der Waals surface area (Å²) < 4.78 is 39.4. The molecule has 2 aromatic rings. The summed E-state index contributed by atoms with van der Waals surface area (Å²) in [5.74, 6) is -1.72. The Hall–Kier alpha value is -1.97. The van der Waals surface area contributed by atoms with Gasteiger partial charge in [0.25, 0.3) is 0 Å². The van der Waals surface area contributed by atoms with Crippen LogP contribution in [0.3, 0.4) is 0 Å². The van der Waals surface area contributed by atoms with E-state index in [9.17, 15) is 13.2 Å². The van der Waals surface area contributed by atoms with E-state index in [-0.39, 0.29) is 16.9 Å². The van der Waals surface area contributed by atoms with Crippen molar-refractivity contribution in [3.8, 4) is 5.75 Å². The highest BCUT2D eigenvalue weighted by Crippen LogP contribution is 2.40. The van der Waals surface area contributed by atoms with E-state index in [0.29, 0.717) is 0 Å². The number of hydrogen-bond donors (Lipinski definition) is 1. The molecule has 1 unspecified atom stereocenters. The van der Waals surface area contributed by atoms with Crippen LogP contribution in [0.2, 0.25) is 0 Å². The third-order valence-electron chi connectivity index (χ3n) is 2.69. The maximum Gasteiger partial charge on any atom is 0.399 e. The average molecular weight is 252 g/mol. The van der Waals surface area contributed by atoms with Gasteiger partial charge in [-0.1, -0.05) is 42.5 Å². The fraction of sp³-hybridized carbons (Fsp3) is 0.143. The van der Waals surface area contributed by atoms with Crippen LogP contribution >= 0.6 is 0 Å². The van der Waals surface area contributed by atoms with Gasteiger partial charge >= 0.3 is 6.18 Å². The fourth-order valence-electron chi connectivity index (χ4n) is 1.88. The van der Waals surface area contributed by atoms with Gasteiger partial charge in [0.2, 0.25) is 0 Å². The average Bonchev–Trinajstić information content (AvgIpc) is 2.32. The lowest BCUT2D eigenvalue weighted by molar-refractivity contribution is -0.141. The minimum atomic E-state index is -4.36. The van der Waals surface area contributed by atoms with Crippen LogP contribution < -0.4 is 0 Å². The highest BCUT2D eigenvalue weighted by Gasteiger charge is 2.41. The molecule has 1 nitrogen and oxygen atoms in total. The number of halogens is 3. The predicted octanol–water partition coefficient (Wildman–Crippen LogP) is 4.09. The molecule has 0 bridgehead atoms. The molecular formula is C14H11F3O. The topological polar surface area (TPSA) is 20.2 Å². The normalized spacial score (nSPS) is 13.3. The Morgan fingerprint density at radius 3 is 1.78 bits per heavy atom. The lowest BCUT2D eigenvalue weighted by Gasteiger charge is -2.21. The monoisotopic (exact) mass is 252 g/mol. The van der Waals surface area contributed by atoms with E-state index >= 15 is 0 Å². The molecule has 2 rings (SSSR count). The maximum atomic E-state index is 13.1. The molecule has 1 atom stereocenters. The van der Waals surface area contributed by atoms with Gasteiger partial charge < -0.3 is 5.11 Å². The second-order valence-corrected chi connectivity index (χ2v) is 3.98. The molecule has 94 valence electrons. The van der Waals surface area contributed by atoms with Crippen molar-refractivity contribution >= 4 is 0 Å². The van der Waals surface area contributed by atoms with Crippen LogP contribution in [0.4, 0.5) is 13.2 Å². The van der Waals surface area contributed by atoms with E-state index in [4.69, 9.17) is 5.11 Å². The molecule has 1 N–H and O–H groups in total. The van der Waals surface area contributed by atoms with Gasteiger partial charge in [-0.3, -0.25) is 0 Å². The van der Waals surface area contributed by atoms with Gasteiger partial charge in [-0.25, -0.2) is 0 Å². The van der Waals surface area contributed by atoms with Crippen molar-refractivity contribution in [1.82, 2.24) is 0 Å². The molecule has 0 spiro atoms. The molecule has 0 aliphatic heterocycles. The summed E-state index contributed by atoms with van der Waals surface area (Å²) in [4.78, 5) is 0. The molecule has 0 aromatic heterocycles. The lowest BCUT2D eigenvalue weighted by Crippen LogP contribution is -2.21. The first-order chi connectivity index (χ1) is 8.48. The molecule has 0 amide bonds. The summed E-state index contributed by atoms with van der Waals surface area (Å²) in [6.45, 7) is 0. The molecule has 0 saturated heterocycles. The van der Waals surface area contributed by atoms with Gasteiger partial charge in [-0.05, 0) is 23.3 Å². The van der Waals surface area contributed by atoms with Crippen molar-refractivity contribution in [2.45, 2.75) is 12.1 Å². The van der Waals surface area contributed by atoms with Crippen LogP contribution in [0.15, 0.2) is 54.6 Å². The number of hydrogen-bond acceptors (Lipinski definition) is 1. The first kappa shape index (κ1) is 12.5. The molecule has 0 heterocycles. The van der Waals surface area contributed by atoms with Crippen LogP contribution in [-0.2, 0) is 0 Å². The lowest BCUT2D eigenvalue weighted by atomic mass is 9.91. The summed E-state index contributed by atoms with van der Waals surface area (Å²) in [6, 6.07) is 12.8. The summed E-state index contributed by atoms with van der Waals surface area (Å²) in [5.41, 5.74) is 0.308. The fourth-order valence-corrected chi connectivity index (χ4v) is 1.88. The number of benzene rings is 2. The summed E-state index contributed by atoms with van der Waals surface area (Å²) >= 11 is 0. The van der Waals surface area contributed by atoms with Gasteiger partial charge in [0, 0.05) is 0 Å². The van der Waals surface area contributed by atoms with Crippen molar-refractivity contribution in [1.29, 1.82) is 0 Å². The van der Waals surface area contributed by atoms with Crippen molar-refractivity contribution in [3.63, 3.8) is 0 Å². The smallest absolute Gasteiger partial charge is 0.399 e. The maximum absolute atomic E-state index is 13.1. The second-order valence-electron chi connectivity index (χ2n) is 3.98. The van der Waals surface area contributed by atoms with E-state index < -0.39 is 12.1 Å². The Morgan fingerprint density at radius 1 is 0.778 bits per heavy atom. The van der Waals surface area contributed by atoms with Crippen LogP contribution in [0.25, 0.3) is 0 Å². The molecule has 0 aliphatic carbocycles. The highest BCUT2D eigenvalue weighted by molar-refractivity contribution is 5.36. The summed E-state index contributed by atoms with van der Waals surface area (Å²) in [6.07, 6.45) is -4.36. The third kappa shape index (κ3) is 2.64. The zero-order valence-corrected chi connectivity index (χ0v) is 9.35. The van der Waals surface area contributed by atoms with E-state index in [1.165, 1.54) is 36.4 Å². The highest BCUT2D eigenvalue weighted by atomic mass is 19.4. The van der Waals surface area contributed by atoms with E-state index in [0.717, 1.165) is 0 Å². The van der Waals surface area contributed by atoms with E-state index in [1.807, 2.05) is 0 Å². The minimum absolute atomic E-state index is 0.0484. The zero-order valence-electron chi connectivity index (χ0n) is 9.35. The SMILES string of the molecule is Oc1ccc(C(c2ccccc2)C(F)(F)F)cc1. The summed E-state index contributed by atoms with van der Waals surface area (Å²) in [5, 5.41) is 9.13. The molecule has 0 aliphatic rings. The Balaban J connectivity index is 2.47. The van der Waals surface area contributed by atoms with E-state index in [2.05, 4.69) is 0 Å². The van der Waals surface area contributed by atoms with Crippen molar-refractivity contribution in [3.05, 3.63) is 65.7 Å². The Kier molecular flexibility index (Phi) is 3.28. The number of phenolic OH excluding ortho intramolecular Hbond substituents is 1. The van der Waals surface area contributed by atoms with Gasteiger partial charge in [-0.15, -0.1) is 0 Å². The van der Waals surface area contributed by atoms with E-state index in [1.54, 1.807) is 18.2 Å². The molecule has 0 fully saturated rings. The van der Waals surface area contributed by atoms with Crippen LogP contribution in [-0.4, -0.2) is 11.3 Å². The first-order valence-electron chi connectivity index (χ1n) is 5.39. The number of phenols is 1. The number of rotatable bonds is 2. The van der Waals surface area contributed by atoms with Crippen LogP contribution in [0.1, 0.15) is 17.0 Å². The summed E-state index contributed by atoms with van der Waals surface area (Å²) in [7, 11) is 0. The zero-order chi connectivity index (χ0) is 13.2. The Morgan fingerprint density at radius 2 is 1.28 bits per heavy atom. The quantitative estimate of drug-likeness (QED) is 0.853. The van der Waals surface area contributed by atoms with Crippen LogP contribution in [0.5, 0.6) is 5.75 Å². The van der Waals surface area contributed by atoms with Gasteiger partial charge in [0.15, 0.2) is 0 Å². The number of alkyl halides is 3. The third-order valence-corrected chi connectivity index (χ3v) is 2.69. The molecule has 2 aromatic carbocycles. The molecular weight excluding hydrogens is 241 g/mol. The Labute approximate surface area is 103 Å².